The minimum atomic E-state index is -0.842. The predicted octanol–water partition coefficient (Wildman–Crippen LogP) is 5.27. The molecule has 7 nitrogen and oxygen atoms in total. The van der Waals surface area contributed by atoms with Gasteiger partial charge in [0.05, 0.1) is 29.2 Å². The van der Waals surface area contributed by atoms with Crippen LogP contribution in [0, 0.1) is 25.7 Å². The van der Waals surface area contributed by atoms with E-state index in [1.807, 2.05) is 69.3 Å². The van der Waals surface area contributed by atoms with Gasteiger partial charge in [0, 0.05) is 35.4 Å². The molecule has 1 spiro atoms. The topological polar surface area (TPSA) is 81.2 Å². The van der Waals surface area contributed by atoms with Gasteiger partial charge in [-0.05, 0) is 43.4 Å². The molecule has 0 aliphatic carbocycles. The lowest BCUT2D eigenvalue weighted by Gasteiger charge is -2.40. The summed E-state index contributed by atoms with van der Waals surface area (Å²) in [6.07, 6.45) is 4.49. The van der Waals surface area contributed by atoms with Crippen molar-refractivity contribution in [2.45, 2.75) is 67.1 Å². The summed E-state index contributed by atoms with van der Waals surface area (Å²) in [4.78, 5) is 49.3. The number of benzene rings is 2. The zero-order valence-electron chi connectivity index (χ0n) is 25.7. The van der Waals surface area contributed by atoms with Crippen molar-refractivity contribution in [2.24, 2.45) is 11.8 Å². The fourth-order valence-electron chi connectivity index (χ4n) is 7.64. The second kappa shape index (κ2) is 13.2. The van der Waals surface area contributed by atoms with Gasteiger partial charge in [-0.25, -0.2) is 0 Å². The van der Waals surface area contributed by atoms with Gasteiger partial charge in [0.1, 0.15) is 6.04 Å². The third-order valence-corrected chi connectivity index (χ3v) is 12.7. The van der Waals surface area contributed by atoms with Crippen molar-refractivity contribution < 1.29 is 19.5 Å². The largest absolute Gasteiger partial charge is 0.394 e. The lowest BCUT2D eigenvalue weighted by molar-refractivity contribution is -0.145. The predicted molar refractivity (Wildman–Crippen MR) is 181 cm³/mol. The van der Waals surface area contributed by atoms with Crippen molar-refractivity contribution in [1.29, 1.82) is 0 Å². The molecule has 9 heteroatoms. The molecule has 0 saturated carbocycles. The van der Waals surface area contributed by atoms with Crippen LogP contribution in [0.1, 0.15) is 36.5 Å². The second-order valence-corrected chi connectivity index (χ2v) is 14.8. The van der Waals surface area contributed by atoms with Crippen LogP contribution in [0.5, 0.6) is 0 Å². The molecule has 2 aromatic rings. The molecule has 5 rings (SSSR count). The quantitative estimate of drug-likeness (QED) is 0.244. The number of thioether (sulfide) groups is 1. The average Bonchev–Trinajstić information content (AvgIpc) is 3.60. The van der Waals surface area contributed by atoms with Crippen molar-refractivity contribution in [2.75, 3.05) is 24.6 Å². The van der Waals surface area contributed by atoms with E-state index in [0.29, 0.717) is 25.9 Å². The van der Waals surface area contributed by atoms with Crippen LogP contribution in [0.15, 0.2) is 73.8 Å². The molecule has 2 aromatic carbocycles. The molecule has 3 aliphatic heterocycles. The van der Waals surface area contributed by atoms with E-state index in [1.165, 1.54) is 0 Å². The maximum atomic E-state index is 15.0. The molecular weight excluding hydrogens is 638 g/mol. The fraction of sp³-hybridized carbons (Fsp3) is 0.457. The van der Waals surface area contributed by atoms with Gasteiger partial charge in [-0.1, -0.05) is 83.5 Å². The number of aryl methyl sites for hydroxylation is 2. The van der Waals surface area contributed by atoms with Gasteiger partial charge < -0.3 is 19.8 Å². The maximum absolute atomic E-state index is 15.0. The number of carbonyl (C=O) groups is 3. The number of aliphatic hydroxyl groups is 1. The first-order valence-corrected chi connectivity index (χ1v) is 17.1. The van der Waals surface area contributed by atoms with Gasteiger partial charge in [0.25, 0.3) is 5.91 Å². The van der Waals surface area contributed by atoms with E-state index in [1.54, 1.807) is 38.6 Å². The molecule has 0 radical (unpaired) electrons. The average molecular weight is 681 g/mol. The first-order chi connectivity index (χ1) is 21.1. The molecule has 7 atom stereocenters. The van der Waals surface area contributed by atoms with Gasteiger partial charge in [0.2, 0.25) is 11.8 Å². The number of hydrogen-bond donors (Lipinski definition) is 1. The number of amides is 3. The monoisotopic (exact) mass is 679 g/mol. The SMILES string of the molecule is C=CCN(Cc1ccccc1)C(=O)[C@H]1[C@@H]2SC3(CC2Br)C(C(=O)N(CC=C)c2c(C)cccc2C)N([C@@H](CC)CO)C(=O)[C@H]13. The normalized spacial score (nSPS) is 27.6. The molecule has 3 unspecified atom stereocenters. The van der Waals surface area contributed by atoms with Crippen LogP contribution in [-0.2, 0) is 20.9 Å². The highest BCUT2D eigenvalue weighted by atomic mass is 79.9. The maximum Gasteiger partial charge on any atom is 0.251 e. The third kappa shape index (κ3) is 5.35. The molecule has 234 valence electrons. The first kappa shape index (κ1) is 32.5. The Morgan fingerprint density at radius 1 is 1.09 bits per heavy atom. The second-order valence-electron chi connectivity index (χ2n) is 12.1. The standard InChI is InChI=1S/C35H42BrN3O4S/c1-6-17-37(20-24-15-10-9-11-16-24)32(41)27-28-33(42)39(25(8-3)21-40)31(35(28)19-26(36)30(27)44-35)34(43)38(18-7-2)29-22(4)13-12-14-23(29)5/h6-7,9-16,25-28,30-31,40H,1-2,8,17-21H2,3-5H3/t25-,26?,27+,28-,30+,31?,35?/m0/s1. The number of para-hydroxylation sites is 1. The molecule has 3 fully saturated rings. The Labute approximate surface area is 273 Å². The number of hydrogen-bond acceptors (Lipinski definition) is 5. The van der Waals surface area contributed by atoms with Crippen LogP contribution in [-0.4, -0.2) is 79.2 Å². The summed E-state index contributed by atoms with van der Waals surface area (Å²) >= 11 is 5.50. The van der Waals surface area contributed by atoms with E-state index in [2.05, 4.69) is 29.1 Å². The van der Waals surface area contributed by atoms with E-state index in [-0.39, 0.29) is 41.0 Å². The minimum Gasteiger partial charge on any atom is -0.394 e. The molecule has 3 aliphatic rings. The summed E-state index contributed by atoms with van der Waals surface area (Å²) in [7, 11) is 0. The van der Waals surface area contributed by atoms with Crippen LogP contribution in [0.2, 0.25) is 0 Å². The number of rotatable bonds is 12. The number of anilines is 1. The molecule has 0 aromatic heterocycles. The van der Waals surface area contributed by atoms with Gasteiger partial charge >= 0.3 is 0 Å². The van der Waals surface area contributed by atoms with Gasteiger partial charge in [-0.2, -0.15) is 0 Å². The molecule has 2 bridgehead atoms. The fourth-order valence-corrected chi connectivity index (χ4v) is 11.2. The summed E-state index contributed by atoms with van der Waals surface area (Å²) in [6.45, 7) is 14.5. The number of alkyl halides is 1. The van der Waals surface area contributed by atoms with Crippen LogP contribution in [0.3, 0.4) is 0 Å². The molecule has 3 amide bonds. The summed E-state index contributed by atoms with van der Waals surface area (Å²) in [5.74, 6) is -1.80. The molecule has 1 N–H and O–H groups in total. The highest BCUT2D eigenvalue weighted by molar-refractivity contribution is 9.09. The number of halogens is 1. The van der Waals surface area contributed by atoms with E-state index in [0.717, 1.165) is 22.4 Å². The highest BCUT2D eigenvalue weighted by Crippen LogP contribution is 2.68. The van der Waals surface area contributed by atoms with Crippen molar-refractivity contribution >= 4 is 51.1 Å². The smallest absolute Gasteiger partial charge is 0.251 e. The zero-order chi connectivity index (χ0) is 31.8. The van der Waals surface area contributed by atoms with Crippen LogP contribution >= 0.6 is 27.7 Å². The van der Waals surface area contributed by atoms with Crippen molar-refractivity contribution in [1.82, 2.24) is 9.80 Å². The summed E-state index contributed by atoms with van der Waals surface area (Å²) in [5, 5.41) is 10.3. The van der Waals surface area contributed by atoms with Crippen molar-refractivity contribution in [3.63, 3.8) is 0 Å². The van der Waals surface area contributed by atoms with Gasteiger partial charge in [-0.3, -0.25) is 14.4 Å². The Kier molecular flexibility index (Phi) is 9.78. The number of carbonyl (C=O) groups excluding carboxylic acids is 3. The third-order valence-electron chi connectivity index (χ3n) is 9.49. The van der Waals surface area contributed by atoms with Gasteiger partial charge in [-0.15, -0.1) is 24.9 Å². The van der Waals surface area contributed by atoms with Crippen LogP contribution in [0.25, 0.3) is 0 Å². The molecule has 3 saturated heterocycles. The van der Waals surface area contributed by atoms with E-state index in [9.17, 15) is 19.5 Å². The van der Waals surface area contributed by atoms with E-state index >= 15 is 0 Å². The Morgan fingerprint density at radius 3 is 2.34 bits per heavy atom. The number of fused-ring (bicyclic) bond motifs is 1. The number of nitrogens with zero attached hydrogens (tertiary/aromatic N) is 3. The Hall–Kier alpha value is -2.88. The Bertz CT molecular complexity index is 1410. The summed E-state index contributed by atoms with van der Waals surface area (Å²) in [6, 6.07) is 14.3. The van der Waals surface area contributed by atoms with Crippen LogP contribution < -0.4 is 4.90 Å². The zero-order valence-corrected chi connectivity index (χ0v) is 28.1. The van der Waals surface area contributed by atoms with Crippen molar-refractivity contribution in [3.8, 4) is 0 Å². The Morgan fingerprint density at radius 2 is 1.75 bits per heavy atom. The Balaban J connectivity index is 1.61. The minimum absolute atomic E-state index is 0.0506. The van der Waals surface area contributed by atoms with Gasteiger partial charge in [0.15, 0.2) is 0 Å². The number of likely N-dealkylation sites (tertiary alicyclic amines) is 1. The summed E-state index contributed by atoms with van der Waals surface area (Å²) in [5.41, 5.74) is 3.71. The summed E-state index contributed by atoms with van der Waals surface area (Å²) < 4.78 is -0.821. The molecular formula is C35H42BrN3O4S. The molecule has 3 heterocycles. The van der Waals surface area contributed by atoms with Crippen LogP contribution in [0.4, 0.5) is 5.69 Å². The van der Waals surface area contributed by atoms with E-state index in [4.69, 9.17) is 0 Å². The number of aliphatic hydroxyl groups excluding tert-OH is 1. The van der Waals surface area contributed by atoms with Crippen molar-refractivity contribution in [3.05, 3.63) is 90.5 Å². The van der Waals surface area contributed by atoms with E-state index < -0.39 is 28.7 Å². The highest BCUT2D eigenvalue weighted by Gasteiger charge is 2.76. The lowest BCUT2D eigenvalue weighted by atomic mass is 9.70. The lowest BCUT2D eigenvalue weighted by Crippen LogP contribution is -2.58. The molecule has 44 heavy (non-hydrogen) atoms. The first-order valence-electron chi connectivity index (χ1n) is 15.3.